The van der Waals surface area contributed by atoms with Crippen LogP contribution in [-0.4, -0.2) is 27.3 Å². The van der Waals surface area contributed by atoms with E-state index in [1.54, 1.807) is 0 Å². The zero-order valence-corrected chi connectivity index (χ0v) is 18.9. The number of nitrogens with zero attached hydrogens (tertiary/aromatic N) is 5. The van der Waals surface area contributed by atoms with E-state index in [1.165, 1.54) is 27.7 Å². The molecular weight excluding hydrogens is 440 g/mol. The summed E-state index contributed by atoms with van der Waals surface area (Å²) in [5.41, 5.74) is 7.16. The average molecular weight is 459 g/mol. The van der Waals surface area contributed by atoms with E-state index in [9.17, 15) is 4.79 Å². The third kappa shape index (κ3) is 3.83. The number of anilines is 2. The van der Waals surface area contributed by atoms with Crippen molar-refractivity contribution in [2.75, 3.05) is 10.4 Å². The van der Waals surface area contributed by atoms with Gasteiger partial charge in [0.05, 0.1) is 11.4 Å². The third-order valence-corrected chi connectivity index (χ3v) is 6.69. The Bertz CT molecular complexity index is 1320. The highest BCUT2D eigenvalue weighted by Crippen LogP contribution is 2.30. The van der Waals surface area contributed by atoms with Crippen LogP contribution >= 0.6 is 22.7 Å². The van der Waals surface area contributed by atoms with Gasteiger partial charge in [0.2, 0.25) is 10.3 Å². The largest absolute Gasteiger partial charge is 0.303 e. The summed E-state index contributed by atoms with van der Waals surface area (Å²) in [6.07, 6.45) is 0. The number of rotatable bonds is 5. The fourth-order valence-corrected chi connectivity index (χ4v) is 4.68. The molecule has 0 spiro atoms. The first-order valence-corrected chi connectivity index (χ1v) is 11.6. The summed E-state index contributed by atoms with van der Waals surface area (Å²) in [5, 5.41) is 13.4. The normalized spacial score (nSPS) is 14.8. The van der Waals surface area contributed by atoms with Gasteiger partial charge in [0.1, 0.15) is 5.71 Å². The number of carbonyl (C=O) groups is 1. The van der Waals surface area contributed by atoms with Gasteiger partial charge in [-0.3, -0.25) is 10.2 Å². The molecule has 2 aromatic heterocycles. The summed E-state index contributed by atoms with van der Waals surface area (Å²) in [7, 11) is 0. The van der Waals surface area contributed by atoms with Gasteiger partial charge < -0.3 is 0 Å². The van der Waals surface area contributed by atoms with Gasteiger partial charge in [-0.15, -0.1) is 22.7 Å². The van der Waals surface area contributed by atoms with Crippen LogP contribution in [0, 0.1) is 13.8 Å². The van der Waals surface area contributed by atoms with E-state index in [1.807, 2.05) is 79.9 Å². The van der Waals surface area contributed by atoms with Crippen LogP contribution in [0.5, 0.6) is 0 Å². The van der Waals surface area contributed by atoms with Crippen LogP contribution in [0.1, 0.15) is 16.1 Å². The summed E-state index contributed by atoms with van der Waals surface area (Å²) in [5.74, 6) is -0.338. The van der Waals surface area contributed by atoms with Crippen molar-refractivity contribution in [3.05, 3.63) is 82.2 Å². The van der Waals surface area contributed by atoms with E-state index in [0.29, 0.717) is 16.0 Å². The van der Waals surface area contributed by atoms with Crippen LogP contribution in [-0.2, 0) is 4.79 Å². The molecule has 0 bridgehead atoms. The van der Waals surface area contributed by atoms with Crippen molar-refractivity contribution in [2.24, 2.45) is 10.2 Å². The van der Waals surface area contributed by atoms with Gasteiger partial charge in [-0.2, -0.15) is 15.2 Å². The molecule has 5 rings (SSSR count). The van der Waals surface area contributed by atoms with Crippen LogP contribution in [0.25, 0.3) is 11.3 Å². The molecule has 0 radical (unpaired) electrons. The fraction of sp³-hybridized carbons (Fsp3) is 0.0870. The minimum Gasteiger partial charge on any atom is -0.265 e. The van der Waals surface area contributed by atoms with Crippen LogP contribution in [0.2, 0.25) is 0 Å². The van der Waals surface area contributed by atoms with Crippen molar-refractivity contribution in [3.8, 4) is 11.3 Å². The van der Waals surface area contributed by atoms with E-state index in [0.717, 1.165) is 27.4 Å². The van der Waals surface area contributed by atoms with E-state index >= 15 is 0 Å². The van der Waals surface area contributed by atoms with E-state index in [4.69, 9.17) is 0 Å². The number of nitrogens with one attached hydrogen (secondary N) is 1. The molecule has 1 aliphatic heterocycles. The number of amides is 1. The summed E-state index contributed by atoms with van der Waals surface area (Å²) in [4.78, 5) is 23.5. The van der Waals surface area contributed by atoms with Gasteiger partial charge in [-0.05, 0) is 13.8 Å². The van der Waals surface area contributed by atoms with Gasteiger partial charge in [0.25, 0.3) is 0 Å². The molecule has 0 saturated carbocycles. The number of thiazole rings is 2. The minimum atomic E-state index is -0.338. The van der Waals surface area contributed by atoms with E-state index in [2.05, 4.69) is 25.6 Å². The van der Waals surface area contributed by atoms with Crippen molar-refractivity contribution < 1.29 is 4.79 Å². The van der Waals surface area contributed by atoms with Crippen molar-refractivity contribution >= 4 is 50.3 Å². The third-order valence-electron chi connectivity index (χ3n) is 4.90. The van der Waals surface area contributed by atoms with Gasteiger partial charge >= 0.3 is 5.91 Å². The second kappa shape index (κ2) is 8.45. The Morgan fingerprint density at radius 3 is 2.28 bits per heavy atom. The lowest BCUT2D eigenvalue weighted by Gasteiger charge is -2.06. The standard InChI is InChI=1S/C23H18N6OS2/c1-14-15(2)32-22(24-14)27-26-20-19(17-11-7-4-8-12-17)28-29(21(20)30)23-25-18(13-31-23)16-9-5-3-6-10-16/h3-13H,1-2H3,(H,24,27)/b26-20-. The number of hydrogen-bond donors (Lipinski definition) is 1. The molecule has 7 nitrogen and oxygen atoms in total. The lowest BCUT2D eigenvalue weighted by Crippen LogP contribution is -2.28. The van der Waals surface area contributed by atoms with Crippen LogP contribution < -0.4 is 10.4 Å². The summed E-state index contributed by atoms with van der Waals surface area (Å²) < 4.78 is 0. The molecule has 9 heteroatoms. The fourth-order valence-electron chi connectivity index (χ4n) is 3.14. The van der Waals surface area contributed by atoms with Crippen molar-refractivity contribution in [3.63, 3.8) is 0 Å². The molecule has 3 heterocycles. The number of aromatic nitrogens is 2. The SMILES string of the molecule is Cc1nc(N/N=C2\C(=O)N(c3nc(-c4ccccc4)cs3)N=C2c2ccccc2)sc1C. The summed E-state index contributed by atoms with van der Waals surface area (Å²) >= 11 is 2.86. The van der Waals surface area contributed by atoms with Crippen molar-refractivity contribution in [1.29, 1.82) is 0 Å². The Morgan fingerprint density at radius 1 is 0.938 bits per heavy atom. The van der Waals surface area contributed by atoms with E-state index < -0.39 is 0 Å². The molecule has 1 N–H and O–H groups in total. The average Bonchev–Trinajstić information content (AvgIpc) is 3.51. The van der Waals surface area contributed by atoms with Crippen LogP contribution in [0.4, 0.5) is 10.3 Å². The molecule has 0 atom stereocenters. The lowest BCUT2D eigenvalue weighted by molar-refractivity contribution is -0.112. The van der Waals surface area contributed by atoms with Gasteiger partial charge in [-0.1, -0.05) is 60.7 Å². The predicted molar refractivity (Wildman–Crippen MR) is 131 cm³/mol. The quantitative estimate of drug-likeness (QED) is 0.422. The molecule has 0 unspecified atom stereocenters. The smallest absolute Gasteiger partial charge is 0.265 e. The number of hydrogen-bond acceptors (Lipinski definition) is 8. The summed E-state index contributed by atoms with van der Waals surface area (Å²) in [6.45, 7) is 3.94. The first-order chi connectivity index (χ1) is 15.6. The highest BCUT2D eigenvalue weighted by Gasteiger charge is 2.35. The van der Waals surface area contributed by atoms with Gasteiger partial charge in [-0.25, -0.2) is 9.97 Å². The first-order valence-electron chi connectivity index (χ1n) is 9.87. The molecule has 0 aliphatic carbocycles. The zero-order chi connectivity index (χ0) is 22.1. The van der Waals surface area contributed by atoms with Gasteiger partial charge in [0.15, 0.2) is 5.71 Å². The zero-order valence-electron chi connectivity index (χ0n) is 17.3. The minimum absolute atomic E-state index is 0.221. The molecular formula is C23H18N6OS2. The maximum atomic E-state index is 13.3. The molecule has 158 valence electrons. The topological polar surface area (TPSA) is 82.8 Å². The Balaban J connectivity index is 1.51. The maximum absolute atomic E-state index is 13.3. The Kier molecular flexibility index (Phi) is 5.34. The molecule has 32 heavy (non-hydrogen) atoms. The molecule has 0 saturated heterocycles. The predicted octanol–water partition coefficient (Wildman–Crippen LogP) is 5.10. The molecule has 2 aromatic carbocycles. The second-order valence-corrected chi connectivity index (χ2v) is 9.09. The molecule has 1 aliphatic rings. The summed E-state index contributed by atoms with van der Waals surface area (Å²) in [6, 6.07) is 19.4. The monoisotopic (exact) mass is 458 g/mol. The second-order valence-electron chi connectivity index (χ2n) is 7.05. The van der Waals surface area contributed by atoms with Crippen LogP contribution in [0.15, 0.2) is 76.2 Å². The van der Waals surface area contributed by atoms with Crippen molar-refractivity contribution in [1.82, 2.24) is 9.97 Å². The highest BCUT2D eigenvalue weighted by atomic mass is 32.1. The number of hydrazone groups is 2. The molecule has 4 aromatic rings. The lowest BCUT2D eigenvalue weighted by atomic mass is 10.1. The van der Waals surface area contributed by atoms with Crippen molar-refractivity contribution in [2.45, 2.75) is 13.8 Å². The number of carbonyl (C=O) groups excluding carboxylic acids is 1. The highest BCUT2D eigenvalue weighted by molar-refractivity contribution is 7.15. The molecule has 0 fully saturated rings. The molecule has 1 amide bonds. The van der Waals surface area contributed by atoms with Crippen LogP contribution in [0.3, 0.4) is 0 Å². The Labute approximate surface area is 192 Å². The Hall–Kier alpha value is -3.69. The Morgan fingerprint density at radius 2 is 1.62 bits per heavy atom. The number of benzene rings is 2. The maximum Gasteiger partial charge on any atom is 0.303 e. The van der Waals surface area contributed by atoms with E-state index in [-0.39, 0.29) is 11.6 Å². The first kappa shape index (κ1) is 20.2. The van der Waals surface area contributed by atoms with Gasteiger partial charge in [0, 0.05) is 21.4 Å². The number of aryl methyl sites for hydroxylation is 2.